The lowest BCUT2D eigenvalue weighted by Crippen LogP contribution is -2.27. The smallest absolute Gasteiger partial charge is 0.106 e. The third-order valence-corrected chi connectivity index (χ3v) is 15.3. The van der Waals surface area contributed by atoms with Crippen LogP contribution in [0.2, 0.25) is 13.1 Å². The van der Waals surface area contributed by atoms with Gasteiger partial charge in [0.1, 0.15) is 7.74 Å². The first-order valence-electron chi connectivity index (χ1n) is 5.25. The Morgan fingerprint density at radius 1 is 1.31 bits per heavy atom. The topological polar surface area (TPSA) is 0 Å². The van der Waals surface area contributed by atoms with E-state index in [1.807, 2.05) is 0 Å². The molecule has 0 saturated heterocycles. The van der Waals surface area contributed by atoms with E-state index >= 15 is 0 Å². The van der Waals surface area contributed by atoms with Crippen LogP contribution >= 0.6 is 7.47 Å². The molecule has 2 heteroatoms. The third-order valence-electron chi connectivity index (χ3n) is 3.03. The predicted octanol–water partition coefficient (Wildman–Crippen LogP) is 4.14. The Bertz CT molecular complexity index is 224. The molecule has 0 amide bonds. The molecule has 13 heavy (non-hydrogen) atoms. The van der Waals surface area contributed by atoms with Crippen molar-refractivity contribution in [3.63, 3.8) is 0 Å². The van der Waals surface area contributed by atoms with Gasteiger partial charge in [-0.05, 0) is 18.7 Å². The largest absolute Gasteiger partial charge is 0.114 e. The normalized spacial score (nSPS) is 16.8. The second kappa shape index (κ2) is 4.57. The Balaban J connectivity index is 2.79. The van der Waals surface area contributed by atoms with E-state index in [2.05, 4.69) is 45.2 Å². The molecule has 0 atom stereocenters. The van der Waals surface area contributed by atoms with Gasteiger partial charge < -0.3 is 0 Å². The van der Waals surface area contributed by atoms with Crippen molar-refractivity contribution in [2.45, 2.75) is 33.4 Å². The lowest BCUT2D eigenvalue weighted by molar-refractivity contribution is 1.42. The molecule has 0 N–H and O–H groups in total. The molecule has 0 radical (unpaired) electrons. The highest BCUT2D eigenvalue weighted by molar-refractivity contribution is 7.96. The summed E-state index contributed by atoms with van der Waals surface area (Å²) in [5, 5.41) is 1.71. The summed E-state index contributed by atoms with van der Waals surface area (Å²) in [5.74, 6) is 0. The van der Waals surface area contributed by atoms with Gasteiger partial charge in [-0.1, -0.05) is 50.4 Å². The van der Waals surface area contributed by atoms with Gasteiger partial charge in [-0.3, -0.25) is 0 Å². The summed E-state index contributed by atoms with van der Waals surface area (Å²) in [7, 11) is -0.752. The maximum absolute atomic E-state index is 2.55. The average Bonchev–Trinajstić information content (AvgIpc) is 2.58. The Kier molecular flexibility index (Phi) is 3.94. The van der Waals surface area contributed by atoms with Crippen molar-refractivity contribution in [1.82, 2.24) is 0 Å². The van der Waals surface area contributed by atoms with Crippen LogP contribution in [0.25, 0.3) is 0 Å². The molecule has 0 unspecified atom stereocenters. The summed E-state index contributed by atoms with van der Waals surface area (Å²) in [6, 6.07) is 0. The molecular formula is C11H21PSi. The molecule has 74 valence electrons. The van der Waals surface area contributed by atoms with E-state index in [1.165, 1.54) is 18.7 Å². The van der Waals surface area contributed by atoms with Gasteiger partial charge in [0.2, 0.25) is 0 Å². The molecule has 0 heterocycles. The zero-order valence-corrected chi connectivity index (χ0v) is 11.2. The van der Waals surface area contributed by atoms with Crippen LogP contribution in [0.1, 0.15) is 20.3 Å². The van der Waals surface area contributed by atoms with Crippen LogP contribution in [0.5, 0.6) is 0 Å². The van der Waals surface area contributed by atoms with Crippen molar-refractivity contribution >= 4 is 15.2 Å². The molecular weight excluding hydrogens is 191 g/mol. The molecule has 0 spiro atoms. The second-order valence-corrected chi connectivity index (χ2v) is 15.3. The predicted molar refractivity (Wildman–Crippen MR) is 67.3 cm³/mol. The van der Waals surface area contributed by atoms with E-state index < -0.39 is 7.74 Å². The van der Waals surface area contributed by atoms with Gasteiger partial charge in [0.25, 0.3) is 0 Å². The van der Waals surface area contributed by atoms with Crippen LogP contribution in [0.4, 0.5) is 0 Å². The van der Waals surface area contributed by atoms with E-state index in [-0.39, 0.29) is 0 Å². The van der Waals surface area contributed by atoms with Crippen LogP contribution in [0.3, 0.4) is 0 Å². The molecule has 1 rings (SSSR count). The van der Waals surface area contributed by atoms with Gasteiger partial charge in [-0.2, -0.15) is 0 Å². The fourth-order valence-corrected chi connectivity index (χ4v) is 12.0. The number of hydrogen-bond acceptors (Lipinski definition) is 0. The quantitative estimate of drug-likeness (QED) is 0.485. The minimum Gasteiger partial charge on any atom is -0.114 e. The van der Waals surface area contributed by atoms with Gasteiger partial charge in [0.15, 0.2) is 0 Å². The molecule has 0 aliphatic heterocycles. The van der Waals surface area contributed by atoms with E-state index in [1.54, 1.807) is 5.20 Å². The molecule has 0 fully saturated rings. The maximum Gasteiger partial charge on any atom is 0.106 e. The molecule has 0 bridgehead atoms. The van der Waals surface area contributed by atoms with Crippen molar-refractivity contribution in [3.8, 4) is 0 Å². The van der Waals surface area contributed by atoms with Gasteiger partial charge in [-0.15, -0.1) is 7.47 Å². The first-order chi connectivity index (χ1) is 6.12. The first-order valence-corrected chi connectivity index (χ1v) is 10.8. The lowest BCUT2D eigenvalue weighted by atomic mass is 10.5. The SMILES string of the molecule is CCP(CC)[Si](C)(C)C1=CCC=C1. The number of allylic oxidation sites excluding steroid dienone is 4. The van der Waals surface area contributed by atoms with Crippen LogP contribution in [-0.4, -0.2) is 20.1 Å². The third kappa shape index (κ3) is 2.33. The van der Waals surface area contributed by atoms with Crippen molar-refractivity contribution in [2.75, 3.05) is 12.3 Å². The van der Waals surface area contributed by atoms with Crippen LogP contribution in [0.15, 0.2) is 23.4 Å². The Hall–Kier alpha value is 0.127. The van der Waals surface area contributed by atoms with E-state index in [0.717, 1.165) is 0 Å². The summed E-state index contributed by atoms with van der Waals surface area (Å²) in [5.41, 5.74) is 0. The van der Waals surface area contributed by atoms with Crippen molar-refractivity contribution in [3.05, 3.63) is 23.4 Å². The fourth-order valence-electron chi connectivity index (χ4n) is 2.11. The molecule has 1 aliphatic carbocycles. The summed E-state index contributed by atoms with van der Waals surface area (Å²) >= 11 is 0. The van der Waals surface area contributed by atoms with Crippen LogP contribution < -0.4 is 0 Å². The molecule has 0 saturated carbocycles. The average molecular weight is 212 g/mol. The Morgan fingerprint density at radius 3 is 2.31 bits per heavy atom. The van der Waals surface area contributed by atoms with Crippen molar-refractivity contribution in [2.24, 2.45) is 0 Å². The molecule has 0 nitrogen and oxygen atoms in total. The standard InChI is InChI=1S/C11H21PSi/c1-5-12(6-2)13(3,4)11-9-7-8-10-11/h7,9-10H,5-6,8H2,1-4H3. The minimum atomic E-state index is -1.06. The number of rotatable bonds is 4. The van der Waals surface area contributed by atoms with Gasteiger partial charge in [-0.25, -0.2) is 0 Å². The minimum absolute atomic E-state index is 0.309. The Morgan fingerprint density at radius 2 is 1.92 bits per heavy atom. The highest BCUT2D eigenvalue weighted by atomic mass is 31.4. The first kappa shape index (κ1) is 11.2. The summed E-state index contributed by atoms with van der Waals surface area (Å²) in [6.45, 7) is 9.83. The van der Waals surface area contributed by atoms with Gasteiger partial charge in [0.05, 0.1) is 0 Å². The molecule has 0 aromatic carbocycles. The van der Waals surface area contributed by atoms with Crippen molar-refractivity contribution in [1.29, 1.82) is 0 Å². The van der Waals surface area contributed by atoms with E-state index in [9.17, 15) is 0 Å². The van der Waals surface area contributed by atoms with E-state index in [4.69, 9.17) is 0 Å². The zero-order valence-electron chi connectivity index (χ0n) is 9.30. The summed E-state index contributed by atoms with van der Waals surface area (Å²) in [4.78, 5) is 0. The molecule has 0 aromatic heterocycles. The summed E-state index contributed by atoms with van der Waals surface area (Å²) in [6.07, 6.45) is 11.2. The maximum atomic E-state index is 2.55. The second-order valence-electron chi connectivity index (χ2n) is 4.03. The van der Waals surface area contributed by atoms with Gasteiger partial charge >= 0.3 is 0 Å². The van der Waals surface area contributed by atoms with Gasteiger partial charge in [0, 0.05) is 0 Å². The molecule has 1 aliphatic rings. The van der Waals surface area contributed by atoms with Crippen LogP contribution in [-0.2, 0) is 0 Å². The molecule has 0 aromatic rings. The Labute approximate surface area is 84.7 Å². The van der Waals surface area contributed by atoms with E-state index in [0.29, 0.717) is 7.47 Å². The highest BCUT2D eigenvalue weighted by Crippen LogP contribution is 2.50. The lowest BCUT2D eigenvalue weighted by Gasteiger charge is -2.32. The monoisotopic (exact) mass is 212 g/mol. The summed E-state index contributed by atoms with van der Waals surface area (Å²) < 4.78 is 0. The fraction of sp³-hybridized carbons (Fsp3) is 0.636. The highest BCUT2D eigenvalue weighted by Gasteiger charge is 2.32. The van der Waals surface area contributed by atoms with Crippen molar-refractivity contribution < 1.29 is 0 Å². The zero-order chi connectivity index (χ0) is 9.90. The number of hydrogen-bond donors (Lipinski definition) is 0. The van der Waals surface area contributed by atoms with Crippen LogP contribution in [0, 0.1) is 0 Å².